The summed E-state index contributed by atoms with van der Waals surface area (Å²) < 4.78 is 38.8. The third kappa shape index (κ3) is 1.65. The smallest absolute Gasteiger partial charge is 0.380 e. The van der Waals surface area contributed by atoms with Crippen molar-refractivity contribution in [2.45, 2.75) is 37.5 Å². The summed E-state index contributed by atoms with van der Waals surface area (Å²) in [5.74, 6) is -1.34. The van der Waals surface area contributed by atoms with E-state index in [1.54, 1.807) is 0 Å². The van der Waals surface area contributed by atoms with Gasteiger partial charge in [-0.3, -0.25) is 0 Å². The van der Waals surface area contributed by atoms with Gasteiger partial charge in [-0.25, -0.2) is 0 Å². The maximum atomic E-state index is 12.9. The maximum absolute atomic E-state index is 12.9. The van der Waals surface area contributed by atoms with Crippen molar-refractivity contribution < 1.29 is 18.3 Å². The Morgan fingerprint density at radius 1 is 1.07 bits per heavy atom. The van der Waals surface area contributed by atoms with Gasteiger partial charge >= 0.3 is 6.18 Å². The number of halogens is 3. The standard InChI is InChI=1S/C10H16F3NO/c11-10(12,13)9(15)7-3-1-2-4-8(9)6-14-5-7/h7-8,14-15H,1-6H2. The summed E-state index contributed by atoms with van der Waals surface area (Å²) in [5.41, 5.74) is -2.45. The van der Waals surface area contributed by atoms with E-state index in [9.17, 15) is 18.3 Å². The summed E-state index contributed by atoms with van der Waals surface area (Å²) in [6.07, 6.45) is -1.96. The van der Waals surface area contributed by atoms with E-state index in [1.807, 2.05) is 0 Å². The van der Waals surface area contributed by atoms with E-state index in [0.29, 0.717) is 12.8 Å². The van der Waals surface area contributed by atoms with Crippen molar-refractivity contribution in [1.82, 2.24) is 5.32 Å². The van der Waals surface area contributed by atoms with Crippen LogP contribution in [0.15, 0.2) is 0 Å². The predicted octanol–water partition coefficient (Wildman–Crippen LogP) is 1.69. The van der Waals surface area contributed by atoms with Crippen molar-refractivity contribution >= 4 is 0 Å². The van der Waals surface area contributed by atoms with Crippen LogP contribution in [-0.4, -0.2) is 30.0 Å². The van der Waals surface area contributed by atoms with Gasteiger partial charge in [0.15, 0.2) is 5.60 Å². The Bertz CT molecular complexity index is 227. The van der Waals surface area contributed by atoms with Gasteiger partial charge in [0.25, 0.3) is 0 Å². The Morgan fingerprint density at radius 3 is 1.93 bits per heavy atom. The van der Waals surface area contributed by atoms with Crippen LogP contribution < -0.4 is 5.32 Å². The van der Waals surface area contributed by atoms with Crippen LogP contribution in [0.4, 0.5) is 13.2 Å². The van der Waals surface area contributed by atoms with Gasteiger partial charge in [0.2, 0.25) is 0 Å². The van der Waals surface area contributed by atoms with E-state index >= 15 is 0 Å². The first kappa shape index (κ1) is 11.2. The molecule has 1 saturated carbocycles. The molecule has 2 rings (SSSR count). The lowest BCUT2D eigenvalue weighted by Crippen LogP contribution is -2.63. The van der Waals surface area contributed by atoms with Crippen LogP contribution >= 0.6 is 0 Å². The molecule has 0 aromatic carbocycles. The van der Waals surface area contributed by atoms with Crippen molar-refractivity contribution in [2.75, 3.05) is 13.1 Å². The van der Waals surface area contributed by atoms with Crippen molar-refractivity contribution in [2.24, 2.45) is 11.8 Å². The molecule has 1 saturated heterocycles. The van der Waals surface area contributed by atoms with Gasteiger partial charge in [-0.05, 0) is 12.8 Å². The van der Waals surface area contributed by atoms with E-state index in [-0.39, 0.29) is 13.1 Å². The van der Waals surface area contributed by atoms with Crippen molar-refractivity contribution in [1.29, 1.82) is 0 Å². The number of piperidine rings is 1. The van der Waals surface area contributed by atoms with Crippen LogP contribution in [0, 0.1) is 11.8 Å². The minimum atomic E-state index is -4.49. The fourth-order valence-corrected chi connectivity index (χ4v) is 2.96. The zero-order valence-corrected chi connectivity index (χ0v) is 8.48. The van der Waals surface area contributed by atoms with Gasteiger partial charge in [0, 0.05) is 24.9 Å². The van der Waals surface area contributed by atoms with Crippen LogP contribution in [0.1, 0.15) is 25.7 Å². The third-order valence-electron chi connectivity index (χ3n) is 3.84. The minimum Gasteiger partial charge on any atom is -0.380 e. The van der Waals surface area contributed by atoms with E-state index in [1.165, 1.54) is 0 Å². The van der Waals surface area contributed by atoms with E-state index in [4.69, 9.17) is 0 Å². The van der Waals surface area contributed by atoms with Crippen molar-refractivity contribution in [3.8, 4) is 0 Å². The Morgan fingerprint density at radius 2 is 1.53 bits per heavy atom. The molecule has 0 aromatic heterocycles. The van der Waals surface area contributed by atoms with Crippen LogP contribution in [0.5, 0.6) is 0 Å². The Hall–Kier alpha value is -0.290. The number of hydrogen-bond donors (Lipinski definition) is 2. The van der Waals surface area contributed by atoms with Crippen LogP contribution in [-0.2, 0) is 0 Å². The average molecular weight is 223 g/mol. The summed E-state index contributed by atoms with van der Waals surface area (Å²) in [7, 11) is 0. The number of nitrogens with one attached hydrogen (secondary N) is 1. The fourth-order valence-electron chi connectivity index (χ4n) is 2.96. The highest BCUT2D eigenvalue weighted by Gasteiger charge is 2.63. The average Bonchev–Trinajstić information content (AvgIpc) is 2.25. The molecule has 0 spiro atoms. The summed E-state index contributed by atoms with van der Waals surface area (Å²) in [5, 5.41) is 13.0. The molecule has 2 unspecified atom stereocenters. The molecular weight excluding hydrogens is 207 g/mol. The summed E-state index contributed by atoms with van der Waals surface area (Å²) in [6, 6.07) is 0. The second-order valence-electron chi connectivity index (χ2n) is 4.66. The SMILES string of the molecule is OC1(C(F)(F)F)C2CCCCC1CNC2. The van der Waals surface area contributed by atoms with E-state index < -0.39 is 23.6 Å². The number of rotatable bonds is 0. The molecule has 0 amide bonds. The van der Waals surface area contributed by atoms with E-state index in [2.05, 4.69) is 5.32 Å². The largest absolute Gasteiger partial charge is 0.417 e. The Balaban J connectivity index is 2.33. The molecule has 88 valence electrons. The number of fused-ring (bicyclic) bond motifs is 2. The minimum absolute atomic E-state index is 0.284. The quantitative estimate of drug-likeness (QED) is 0.655. The van der Waals surface area contributed by atoms with Gasteiger partial charge in [0.05, 0.1) is 0 Å². The van der Waals surface area contributed by atoms with Gasteiger partial charge in [-0.1, -0.05) is 12.8 Å². The molecule has 2 fully saturated rings. The highest BCUT2D eigenvalue weighted by Crippen LogP contribution is 2.48. The second kappa shape index (κ2) is 3.63. The first-order chi connectivity index (χ1) is 6.96. The summed E-state index contributed by atoms with van der Waals surface area (Å²) in [4.78, 5) is 0. The van der Waals surface area contributed by atoms with E-state index in [0.717, 1.165) is 12.8 Å². The zero-order valence-electron chi connectivity index (χ0n) is 8.48. The normalized spacial score (nSPS) is 42.4. The molecule has 0 radical (unpaired) electrons. The van der Waals surface area contributed by atoms with Gasteiger partial charge in [-0.15, -0.1) is 0 Å². The molecule has 2 aliphatic rings. The monoisotopic (exact) mass is 223 g/mol. The molecule has 15 heavy (non-hydrogen) atoms. The van der Waals surface area contributed by atoms with Gasteiger partial charge in [0.1, 0.15) is 0 Å². The Labute approximate surface area is 86.9 Å². The molecule has 5 heteroatoms. The first-order valence-electron chi connectivity index (χ1n) is 5.46. The molecule has 2 atom stereocenters. The van der Waals surface area contributed by atoms with Crippen LogP contribution in [0.3, 0.4) is 0 Å². The lowest BCUT2D eigenvalue weighted by Gasteiger charge is -2.45. The molecule has 1 heterocycles. The molecule has 1 aliphatic carbocycles. The summed E-state index contributed by atoms with van der Waals surface area (Å²) >= 11 is 0. The predicted molar refractivity (Wildman–Crippen MR) is 49.3 cm³/mol. The lowest BCUT2D eigenvalue weighted by molar-refractivity contribution is -0.303. The van der Waals surface area contributed by atoms with Crippen LogP contribution in [0.2, 0.25) is 0 Å². The van der Waals surface area contributed by atoms with Crippen LogP contribution in [0.25, 0.3) is 0 Å². The topological polar surface area (TPSA) is 32.3 Å². The number of hydrogen-bond acceptors (Lipinski definition) is 2. The molecule has 2 N–H and O–H groups in total. The zero-order chi connectivity index (χ0) is 11.1. The fraction of sp³-hybridized carbons (Fsp3) is 1.00. The second-order valence-corrected chi connectivity index (χ2v) is 4.66. The lowest BCUT2D eigenvalue weighted by atomic mass is 9.72. The molecular formula is C10H16F3NO. The maximum Gasteiger partial charge on any atom is 0.417 e. The number of aliphatic hydroxyl groups is 1. The van der Waals surface area contributed by atoms with Crippen molar-refractivity contribution in [3.05, 3.63) is 0 Å². The third-order valence-corrected chi connectivity index (χ3v) is 3.84. The Kier molecular flexibility index (Phi) is 2.71. The summed E-state index contributed by atoms with van der Waals surface area (Å²) in [6.45, 7) is 0.568. The highest BCUT2D eigenvalue weighted by molar-refractivity contribution is 5.04. The first-order valence-corrected chi connectivity index (χ1v) is 5.46. The highest BCUT2D eigenvalue weighted by atomic mass is 19.4. The molecule has 0 aromatic rings. The molecule has 2 bridgehead atoms. The van der Waals surface area contributed by atoms with Gasteiger partial charge < -0.3 is 10.4 Å². The van der Waals surface area contributed by atoms with Gasteiger partial charge in [-0.2, -0.15) is 13.2 Å². The molecule has 1 aliphatic heterocycles. The number of alkyl halides is 3. The van der Waals surface area contributed by atoms with Crippen molar-refractivity contribution in [3.63, 3.8) is 0 Å². The molecule has 2 nitrogen and oxygen atoms in total.